The van der Waals surface area contributed by atoms with E-state index in [4.69, 9.17) is 15.9 Å². The average Bonchev–Trinajstić information content (AvgIpc) is 2.72. The zero-order valence-corrected chi connectivity index (χ0v) is 17.8. The standard InChI is InChI=1S/C22H28N4O3.ClH/c1-2-14-11-16(13-19(12-14)29-18-7-9-25-10-8-18)20(22(27)28)26-17-5-3-15(4-6-17)21(23)24;/h3-6,11-13,18,20,25-26H,2,7-10H2,1H3,(H3,23,24)(H,27,28);1H/p-1. The molecule has 8 heteroatoms. The molecule has 3 rings (SSSR count). The van der Waals surface area contributed by atoms with E-state index in [2.05, 4.69) is 10.6 Å². The van der Waals surface area contributed by atoms with E-state index in [-0.39, 0.29) is 24.3 Å². The summed E-state index contributed by atoms with van der Waals surface area (Å²) in [6.07, 6.45) is 2.75. The van der Waals surface area contributed by atoms with Crippen molar-refractivity contribution in [3.63, 3.8) is 0 Å². The van der Waals surface area contributed by atoms with Crippen molar-refractivity contribution >= 4 is 29.9 Å². The number of carbonyl (C=O) groups excluding carboxylic acids is 1. The lowest BCUT2D eigenvalue weighted by Gasteiger charge is -2.26. The molecule has 2 aromatic rings. The number of nitrogens with one attached hydrogen (secondary N) is 3. The Labute approximate surface area is 182 Å². The number of carbonyl (C=O) groups is 1. The minimum absolute atomic E-state index is 0. The number of benzene rings is 2. The summed E-state index contributed by atoms with van der Waals surface area (Å²) in [6.45, 7) is 3.87. The predicted octanol–water partition coefficient (Wildman–Crippen LogP) is 1.99. The number of aryl methyl sites for hydroxylation is 1. The molecule has 5 N–H and O–H groups in total. The highest BCUT2D eigenvalue weighted by molar-refractivity contribution is 5.95. The third kappa shape index (κ3) is 6.11. The molecule has 1 saturated heterocycles. The van der Waals surface area contributed by atoms with Gasteiger partial charge in [-0.05, 0) is 79.9 Å². The van der Waals surface area contributed by atoms with Crippen molar-refractivity contribution in [2.45, 2.75) is 38.3 Å². The third-order valence-corrected chi connectivity index (χ3v) is 5.06. The molecule has 7 nitrogen and oxygen atoms in total. The lowest BCUT2D eigenvalue weighted by molar-refractivity contribution is -0.307. The van der Waals surface area contributed by atoms with Crippen LogP contribution in [0.15, 0.2) is 42.5 Å². The van der Waals surface area contributed by atoms with Gasteiger partial charge in [0, 0.05) is 11.3 Å². The first-order valence-corrected chi connectivity index (χ1v) is 9.89. The van der Waals surface area contributed by atoms with E-state index in [1.807, 2.05) is 19.1 Å². The minimum atomic E-state index is -1.22. The molecule has 1 heterocycles. The summed E-state index contributed by atoms with van der Waals surface area (Å²) in [4.78, 5) is 11.9. The number of rotatable bonds is 8. The fourth-order valence-corrected chi connectivity index (χ4v) is 3.42. The second kappa shape index (κ2) is 10.8. The fraction of sp³-hybridized carbons (Fsp3) is 0.364. The number of aliphatic carboxylic acids is 1. The van der Waals surface area contributed by atoms with Gasteiger partial charge in [0.1, 0.15) is 17.7 Å². The van der Waals surface area contributed by atoms with Crippen LogP contribution in [0.25, 0.3) is 0 Å². The molecule has 0 aliphatic carbocycles. The van der Waals surface area contributed by atoms with Crippen molar-refractivity contribution in [1.29, 1.82) is 5.41 Å². The minimum Gasteiger partial charge on any atom is -0.548 e. The summed E-state index contributed by atoms with van der Waals surface area (Å²) in [5, 5.41) is 25.7. The Morgan fingerprint density at radius 2 is 1.93 bits per heavy atom. The van der Waals surface area contributed by atoms with Gasteiger partial charge in [-0.15, -0.1) is 12.4 Å². The molecule has 0 radical (unpaired) electrons. The number of hydrogen-bond donors (Lipinski definition) is 4. The van der Waals surface area contributed by atoms with E-state index < -0.39 is 12.0 Å². The number of amidine groups is 1. The number of ether oxygens (including phenoxy) is 1. The first kappa shape index (κ1) is 23.5. The Hall–Kier alpha value is -2.77. The summed E-state index contributed by atoms with van der Waals surface area (Å²) in [5.74, 6) is -0.573. The Morgan fingerprint density at radius 1 is 1.27 bits per heavy atom. The van der Waals surface area contributed by atoms with Gasteiger partial charge < -0.3 is 31.0 Å². The Balaban J connectivity index is 0.00000320. The molecule has 0 saturated carbocycles. The van der Waals surface area contributed by atoms with Gasteiger partial charge >= 0.3 is 0 Å². The molecule has 0 amide bonds. The van der Waals surface area contributed by atoms with Crippen LogP contribution < -0.4 is 26.2 Å². The number of hydrogen-bond acceptors (Lipinski definition) is 6. The maximum Gasteiger partial charge on any atom is 0.122 e. The number of carboxylic acids is 1. The van der Waals surface area contributed by atoms with Crippen LogP contribution in [-0.2, 0) is 11.2 Å². The second-order valence-electron chi connectivity index (χ2n) is 7.22. The molecule has 30 heavy (non-hydrogen) atoms. The van der Waals surface area contributed by atoms with Gasteiger partial charge in [0.2, 0.25) is 0 Å². The summed E-state index contributed by atoms with van der Waals surface area (Å²) in [5.41, 5.74) is 8.24. The number of piperidine rings is 1. The summed E-state index contributed by atoms with van der Waals surface area (Å²) in [6, 6.07) is 11.3. The van der Waals surface area contributed by atoms with E-state index in [9.17, 15) is 9.90 Å². The molecule has 1 unspecified atom stereocenters. The maximum absolute atomic E-state index is 11.9. The number of nitrogen functional groups attached to an aromatic ring is 1. The SMILES string of the molecule is CCc1cc(OC2CCNCC2)cc(C(Nc2ccc(C(=N)N)cc2)C(=O)[O-])c1.Cl. The summed E-state index contributed by atoms with van der Waals surface area (Å²) >= 11 is 0. The topological polar surface area (TPSA) is 123 Å². The number of anilines is 1. The van der Waals surface area contributed by atoms with Gasteiger partial charge in [0.05, 0.1) is 12.0 Å². The number of halogens is 1. The van der Waals surface area contributed by atoms with Crippen LogP contribution in [0.4, 0.5) is 5.69 Å². The second-order valence-corrected chi connectivity index (χ2v) is 7.22. The van der Waals surface area contributed by atoms with Crippen LogP contribution in [0.5, 0.6) is 5.75 Å². The van der Waals surface area contributed by atoms with E-state index in [1.54, 1.807) is 30.3 Å². The van der Waals surface area contributed by atoms with E-state index in [1.165, 1.54) is 0 Å². The quantitative estimate of drug-likeness (QED) is 0.374. The molecule has 0 aromatic heterocycles. The lowest BCUT2D eigenvalue weighted by atomic mass is 10.0. The molecular weight excluding hydrogens is 404 g/mol. The van der Waals surface area contributed by atoms with Gasteiger partial charge in [-0.2, -0.15) is 0 Å². The molecule has 0 bridgehead atoms. The van der Waals surface area contributed by atoms with E-state index >= 15 is 0 Å². The van der Waals surface area contributed by atoms with Crippen molar-refractivity contribution in [3.8, 4) is 5.75 Å². The summed E-state index contributed by atoms with van der Waals surface area (Å²) in [7, 11) is 0. The van der Waals surface area contributed by atoms with Crippen molar-refractivity contribution in [1.82, 2.24) is 5.32 Å². The van der Waals surface area contributed by atoms with Gasteiger partial charge in [0.25, 0.3) is 0 Å². The van der Waals surface area contributed by atoms with Crippen molar-refractivity contribution < 1.29 is 14.6 Å². The smallest absolute Gasteiger partial charge is 0.122 e. The Bertz CT molecular complexity index is 867. The molecule has 162 valence electrons. The highest BCUT2D eigenvalue weighted by Gasteiger charge is 2.18. The molecule has 1 aliphatic heterocycles. The zero-order chi connectivity index (χ0) is 20.8. The molecule has 1 aliphatic rings. The predicted molar refractivity (Wildman–Crippen MR) is 118 cm³/mol. The molecule has 1 fully saturated rings. The van der Waals surface area contributed by atoms with E-state index in [0.717, 1.165) is 37.9 Å². The fourth-order valence-electron chi connectivity index (χ4n) is 3.42. The van der Waals surface area contributed by atoms with Crippen LogP contribution in [0.2, 0.25) is 0 Å². The van der Waals surface area contributed by atoms with Gasteiger partial charge in [-0.1, -0.05) is 13.0 Å². The first-order valence-electron chi connectivity index (χ1n) is 9.89. The van der Waals surface area contributed by atoms with Crippen molar-refractivity contribution in [3.05, 3.63) is 59.2 Å². The monoisotopic (exact) mass is 431 g/mol. The zero-order valence-electron chi connectivity index (χ0n) is 16.9. The molecule has 2 aromatic carbocycles. The van der Waals surface area contributed by atoms with Gasteiger partial charge in [0.15, 0.2) is 0 Å². The van der Waals surface area contributed by atoms with Crippen LogP contribution in [0.3, 0.4) is 0 Å². The molecule has 1 atom stereocenters. The van der Waals surface area contributed by atoms with E-state index in [0.29, 0.717) is 22.6 Å². The average molecular weight is 432 g/mol. The Morgan fingerprint density at radius 3 is 2.50 bits per heavy atom. The largest absolute Gasteiger partial charge is 0.548 e. The lowest BCUT2D eigenvalue weighted by Crippen LogP contribution is -2.35. The van der Waals surface area contributed by atoms with Crippen LogP contribution in [-0.4, -0.2) is 31.0 Å². The van der Waals surface area contributed by atoms with Crippen LogP contribution >= 0.6 is 12.4 Å². The molecule has 0 spiro atoms. The van der Waals surface area contributed by atoms with Crippen LogP contribution in [0, 0.1) is 5.41 Å². The highest BCUT2D eigenvalue weighted by atomic mass is 35.5. The molecular formula is C22H28ClN4O3-. The number of carboxylic acid groups (broad SMARTS) is 1. The maximum atomic E-state index is 11.9. The first-order chi connectivity index (χ1) is 14.0. The Kier molecular flexibility index (Phi) is 8.50. The van der Waals surface area contributed by atoms with Gasteiger partial charge in [-0.25, -0.2) is 0 Å². The van der Waals surface area contributed by atoms with Gasteiger partial charge in [-0.3, -0.25) is 5.41 Å². The normalized spacial score (nSPS) is 15.0. The number of nitrogens with two attached hydrogens (primary N) is 1. The van der Waals surface area contributed by atoms with Crippen molar-refractivity contribution in [2.75, 3.05) is 18.4 Å². The van der Waals surface area contributed by atoms with Crippen molar-refractivity contribution in [2.24, 2.45) is 5.73 Å². The van der Waals surface area contributed by atoms with Crippen LogP contribution in [0.1, 0.15) is 42.5 Å². The summed E-state index contributed by atoms with van der Waals surface area (Å²) < 4.78 is 6.14. The highest BCUT2D eigenvalue weighted by Crippen LogP contribution is 2.27. The third-order valence-electron chi connectivity index (χ3n) is 5.06.